The summed E-state index contributed by atoms with van der Waals surface area (Å²) < 4.78 is 5.81. The maximum absolute atomic E-state index is 14.8. The first-order chi connectivity index (χ1) is 29.3. The van der Waals surface area contributed by atoms with Gasteiger partial charge in [-0.1, -0.05) is 64.7 Å². The second-order valence-corrected chi connectivity index (χ2v) is 21.7. The van der Waals surface area contributed by atoms with Gasteiger partial charge in [0.15, 0.2) is 5.70 Å². The molecule has 1 saturated heterocycles. The van der Waals surface area contributed by atoms with E-state index in [0.717, 1.165) is 57.2 Å². The second-order valence-electron chi connectivity index (χ2n) is 21.7. The number of allylic oxidation sites excluding steroid dienone is 1. The molecule has 0 aromatic carbocycles. The molecule has 9 heteroatoms. The summed E-state index contributed by atoms with van der Waals surface area (Å²) in [7, 11) is 1.65. The Hall–Kier alpha value is -2.06. The van der Waals surface area contributed by atoms with Gasteiger partial charge in [-0.2, -0.15) is 0 Å². The van der Waals surface area contributed by atoms with Crippen molar-refractivity contribution < 1.29 is 35.0 Å². The summed E-state index contributed by atoms with van der Waals surface area (Å²) in [6, 6.07) is 0. The fourth-order valence-electron chi connectivity index (χ4n) is 13.2. The summed E-state index contributed by atoms with van der Waals surface area (Å²) >= 11 is 0. The molecule has 3 saturated carbocycles. The molecule has 0 bridgehead atoms. The van der Waals surface area contributed by atoms with E-state index in [2.05, 4.69) is 57.9 Å². The van der Waals surface area contributed by atoms with Crippen molar-refractivity contribution >= 4 is 17.8 Å². The Kier molecular flexibility index (Phi) is 18.0. The normalized spacial score (nSPS) is 38.7. The molecule has 4 aliphatic carbocycles. The average Bonchev–Trinajstić information content (AvgIpc) is 3.63. The number of piperidine rings is 1. The number of aliphatic hydroxyl groups is 2. The Morgan fingerprint density at radius 2 is 1.77 bits per heavy atom. The molecule has 0 aromatic heterocycles. The van der Waals surface area contributed by atoms with Gasteiger partial charge in [0.25, 0.3) is 0 Å². The second kappa shape index (κ2) is 22.7. The highest BCUT2D eigenvalue weighted by Crippen LogP contribution is 2.49. The van der Waals surface area contributed by atoms with Gasteiger partial charge in [-0.3, -0.25) is 5.73 Å². The monoisotopic (exact) mass is 847 g/mol. The van der Waals surface area contributed by atoms with Gasteiger partial charge in [0.1, 0.15) is 35.9 Å². The van der Waals surface area contributed by atoms with E-state index in [1.54, 1.807) is 7.11 Å². The van der Waals surface area contributed by atoms with Gasteiger partial charge in [-0.15, -0.1) is 4.99 Å². The molecule has 2 heterocycles. The Morgan fingerprint density at radius 3 is 2.48 bits per heavy atom. The molecule has 6 rings (SSSR count). The highest BCUT2D eigenvalue weighted by molar-refractivity contribution is 6.05. The van der Waals surface area contributed by atoms with Crippen LogP contribution in [0.3, 0.4) is 0 Å². The number of ketones is 2. The molecule has 8 unspecified atom stereocenters. The minimum atomic E-state index is -1.93. The molecule has 16 atom stereocenters. The third-order valence-corrected chi connectivity index (χ3v) is 16.6. The van der Waals surface area contributed by atoms with Crippen LogP contribution in [-0.4, -0.2) is 72.2 Å². The van der Waals surface area contributed by atoms with Crippen LogP contribution in [0.1, 0.15) is 157 Å². The number of rotatable bonds is 14. The first-order valence-electron chi connectivity index (χ1n) is 25.1. The Bertz CT molecular complexity index is 1550. The lowest BCUT2D eigenvalue weighted by Crippen LogP contribution is -2.94. The van der Waals surface area contributed by atoms with Gasteiger partial charge < -0.3 is 35.0 Å². The molecule has 4 fully saturated rings. The van der Waals surface area contributed by atoms with Crippen LogP contribution in [0, 0.1) is 94.7 Å². The van der Waals surface area contributed by atoms with E-state index in [9.17, 15) is 24.9 Å². The van der Waals surface area contributed by atoms with Crippen molar-refractivity contribution in [3.05, 3.63) is 17.7 Å². The van der Waals surface area contributed by atoms with E-state index in [1.165, 1.54) is 38.0 Å². The van der Waals surface area contributed by atoms with E-state index in [0.29, 0.717) is 68.1 Å². The molecule has 6 N–H and O–H groups in total. The third kappa shape index (κ3) is 12.6. The van der Waals surface area contributed by atoms with Gasteiger partial charge in [-0.25, -0.2) is 0 Å². The summed E-state index contributed by atoms with van der Waals surface area (Å²) in [6.07, 6.45) is 16.7. The van der Waals surface area contributed by atoms with Crippen molar-refractivity contribution in [1.82, 2.24) is 0 Å². The van der Waals surface area contributed by atoms with E-state index < -0.39 is 35.8 Å². The van der Waals surface area contributed by atoms with Crippen LogP contribution < -0.4 is 16.2 Å². The third-order valence-electron chi connectivity index (χ3n) is 16.6. The van der Waals surface area contributed by atoms with Crippen LogP contribution in [0.4, 0.5) is 0 Å². The number of hydrogen-bond donors (Lipinski definition) is 4. The number of carbonyl (C=O) groups is 2. The van der Waals surface area contributed by atoms with Crippen LogP contribution in [0.15, 0.2) is 16.8 Å². The number of hydrogen-bond acceptors (Lipinski definition) is 8. The van der Waals surface area contributed by atoms with Gasteiger partial charge in [0, 0.05) is 43.6 Å². The lowest BCUT2D eigenvalue weighted by molar-refractivity contribution is -0.699. The Labute approximate surface area is 369 Å². The number of nitrogens with zero attached hydrogens (tertiary/aromatic N) is 1. The number of methoxy groups -OCH3 is 1. The van der Waals surface area contributed by atoms with Crippen LogP contribution in [0.5, 0.6) is 0 Å². The number of quaternary nitrogens is 1. The van der Waals surface area contributed by atoms with Crippen LogP contribution in [0.2, 0.25) is 0 Å². The maximum atomic E-state index is 14.8. The summed E-state index contributed by atoms with van der Waals surface area (Å²) in [6.45, 7) is 12.1. The molecule has 342 valence electrons. The van der Waals surface area contributed by atoms with Gasteiger partial charge >= 0.3 is 0 Å². The zero-order valence-corrected chi connectivity index (χ0v) is 38.8. The van der Waals surface area contributed by atoms with Gasteiger partial charge in [-0.05, 0) is 144 Å². The van der Waals surface area contributed by atoms with Crippen molar-refractivity contribution in [1.29, 1.82) is 0 Å². The highest BCUT2D eigenvalue weighted by Gasteiger charge is 2.47. The fraction of sp³-hybridized carbons (Fsp3) is 0.846. The molecule has 0 aromatic rings. The standard InChI is InChI=1S/C52H83N3O6/c1-7-10-42(47(57)28-40-25-39(30-55-40)32(4)5)38-23-34(21-33-19-20-54-50(53)24-33)22-36-15-17-43(41-12-9-8-11-35(41)14-13-31(2)3)44-29-48(58)49(61-6)27-37(44)16-18-46(56)52(60)51(59)45(36)26-38/h25,30-38,41-45,47-50,52,54,57-58H,7-14,16,18-24,26-29,53H2,1-6H3/p+1/t33?,34-,35?,36-,37?,38-,41?,42-,43+,44?,45-,47+,48?,49?,50?,52-/m0/s1. The minimum Gasteiger partial charge on any atom is -0.841 e. The summed E-state index contributed by atoms with van der Waals surface area (Å²) in [4.78, 5) is 33.5. The number of ether oxygens (including phenoxy) is 1. The van der Waals surface area contributed by atoms with Gasteiger partial charge in [0.05, 0.1) is 31.3 Å². The number of aliphatic hydroxyl groups excluding tert-OH is 2. The molecule has 0 radical (unpaired) electrons. The lowest BCUT2D eigenvalue weighted by Gasteiger charge is -2.46. The topological polar surface area (TPSA) is 162 Å². The molecule has 9 nitrogen and oxygen atoms in total. The van der Waals surface area contributed by atoms with E-state index in [1.807, 2.05) is 6.21 Å². The molecule has 0 amide bonds. The van der Waals surface area contributed by atoms with Crippen molar-refractivity contribution in [2.45, 2.75) is 187 Å². The average molecular weight is 847 g/mol. The Morgan fingerprint density at radius 1 is 0.984 bits per heavy atom. The molecule has 61 heavy (non-hydrogen) atoms. The highest BCUT2D eigenvalue weighted by atomic mass is 16.5. The summed E-state index contributed by atoms with van der Waals surface area (Å²) in [5, 5.41) is 40.1. The SMILES string of the molecule is CCC[C@@H]([C@H]1C[C@@H](CC2CC[NH2+]C(N)C2)C[C@@H]2C#C[C@H](C3CCCCC3CCC(C)C)C3CC(O)C(OC)CC3CCC(=O)[C@H]([O-])C(=O)[C@H]2C1)[C@H](O)CC1=C[C+](C(C)C)C=N1. The van der Waals surface area contributed by atoms with E-state index >= 15 is 0 Å². The number of nitrogens with two attached hydrogens (primary N) is 2. The zero-order chi connectivity index (χ0) is 43.8. The first kappa shape index (κ1) is 48.4. The van der Waals surface area contributed by atoms with E-state index in [-0.39, 0.29) is 60.1 Å². The zero-order valence-electron chi connectivity index (χ0n) is 38.8. The fourth-order valence-corrected chi connectivity index (χ4v) is 13.2. The molecular formula is C52H84N3O6+. The summed E-state index contributed by atoms with van der Waals surface area (Å²) in [5.41, 5.74) is 7.42. The largest absolute Gasteiger partial charge is 0.841 e. The van der Waals surface area contributed by atoms with Crippen LogP contribution in [-0.2, 0) is 14.3 Å². The molecule has 0 spiro atoms. The minimum absolute atomic E-state index is 0.00216. The van der Waals surface area contributed by atoms with E-state index in [4.69, 9.17) is 15.5 Å². The predicted octanol–water partition coefficient (Wildman–Crippen LogP) is 6.57. The van der Waals surface area contributed by atoms with Crippen molar-refractivity contribution in [3.63, 3.8) is 0 Å². The van der Waals surface area contributed by atoms with Gasteiger partial charge in [0.2, 0.25) is 0 Å². The molecule has 6 aliphatic rings. The molecule has 2 aliphatic heterocycles. The van der Waals surface area contributed by atoms with Crippen molar-refractivity contribution in [2.24, 2.45) is 87.7 Å². The first-order valence-corrected chi connectivity index (χ1v) is 25.1. The quantitative estimate of drug-likeness (QED) is 0.0874. The summed E-state index contributed by atoms with van der Waals surface area (Å²) in [5.74, 6) is 9.78. The number of fused-ring (bicyclic) bond motifs is 2. The molecular weight excluding hydrogens is 763 g/mol. The van der Waals surface area contributed by atoms with Crippen LogP contribution in [0.25, 0.3) is 0 Å². The number of carbonyl (C=O) groups excluding carboxylic acids is 2. The van der Waals surface area contributed by atoms with Crippen molar-refractivity contribution in [3.8, 4) is 11.8 Å². The lowest BCUT2D eigenvalue weighted by atomic mass is 9.60. The smallest absolute Gasteiger partial charge is 0.177 e. The number of Topliss-reactive ketones (excluding diaryl/α,β-unsaturated/α-hetero) is 2. The number of aliphatic imine (C=N–C) groups is 1. The predicted molar refractivity (Wildman–Crippen MR) is 240 cm³/mol. The van der Waals surface area contributed by atoms with Crippen molar-refractivity contribution in [2.75, 3.05) is 13.7 Å². The maximum Gasteiger partial charge on any atom is 0.177 e. The Balaban J connectivity index is 1.42. The van der Waals surface area contributed by atoms with Crippen LogP contribution >= 0.6 is 0 Å².